The maximum Gasteiger partial charge on any atom is 0.123 e. The lowest BCUT2D eigenvalue weighted by Gasteiger charge is -2.09. The van der Waals surface area contributed by atoms with Crippen LogP contribution in [-0.4, -0.2) is 9.55 Å². The molecule has 0 N–H and O–H groups in total. The van der Waals surface area contributed by atoms with Crippen LogP contribution in [0.25, 0.3) is 0 Å². The van der Waals surface area contributed by atoms with E-state index in [0.717, 1.165) is 17.0 Å². The van der Waals surface area contributed by atoms with Crippen LogP contribution in [-0.2, 0) is 12.4 Å². The topological polar surface area (TPSA) is 17.8 Å². The number of aryl methyl sites for hydroxylation is 1. The predicted octanol–water partition coefficient (Wildman–Crippen LogP) is 3.12. The maximum absolute atomic E-state index is 13.1. The van der Waals surface area contributed by atoms with E-state index >= 15 is 0 Å². The number of aromatic nitrogens is 2. The second-order valence-electron chi connectivity index (χ2n) is 3.68. The minimum absolute atomic E-state index is 0.215. The van der Waals surface area contributed by atoms with E-state index in [2.05, 4.69) is 4.98 Å². The number of alkyl halides is 1. The van der Waals surface area contributed by atoms with Crippen LogP contribution in [0.15, 0.2) is 30.6 Å². The summed E-state index contributed by atoms with van der Waals surface area (Å²) in [6, 6.07) is 4.80. The Hall–Kier alpha value is -1.35. The Bertz CT molecular complexity index is 494. The minimum Gasteiger partial charge on any atom is -0.330 e. The molecule has 1 aromatic carbocycles. The fourth-order valence-corrected chi connectivity index (χ4v) is 1.83. The van der Waals surface area contributed by atoms with Gasteiger partial charge in [-0.1, -0.05) is 6.07 Å². The molecule has 0 aliphatic heterocycles. The minimum atomic E-state index is -0.215. The lowest BCUT2D eigenvalue weighted by molar-refractivity contribution is 0.622. The highest BCUT2D eigenvalue weighted by Gasteiger charge is 2.05. The summed E-state index contributed by atoms with van der Waals surface area (Å²) in [5.74, 6) is 0.944. The molecule has 0 aliphatic carbocycles. The third kappa shape index (κ3) is 2.25. The molecule has 1 aromatic heterocycles. The van der Waals surface area contributed by atoms with Crippen molar-refractivity contribution in [3.8, 4) is 0 Å². The molecule has 0 amide bonds. The van der Waals surface area contributed by atoms with Gasteiger partial charge in [0.15, 0.2) is 0 Å². The summed E-state index contributed by atoms with van der Waals surface area (Å²) < 4.78 is 15.0. The van der Waals surface area contributed by atoms with Crippen molar-refractivity contribution in [1.82, 2.24) is 9.55 Å². The molecule has 0 aliphatic rings. The van der Waals surface area contributed by atoms with Crippen molar-refractivity contribution < 1.29 is 4.39 Å². The maximum atomic E-state index is 13.1. The fraction of sp³-hybridized carbons (Fsp3) is 0.250. The van der Waals surface area contributed by atoms with Crippen molar-refractivity contribution in [3.05, 3.63) is 53.4 Å². The van der Waals surface area contributed by atoms with Gasteiger partial charge in [0.25, 0.3) is 0 Å². The van der Waals surface area contributed by atoms with Crippen molar-refractivity contribution in [2.75, 3.05) is 0 Å². The highest BCUT2D eigenvalue weighted by molar-refractivity contribution is 6.16. The number of nitrogens with zero attached hydrogens (tertiary/aromatic N) is 2. The van der Waals surface area contributed by atoms with Gasteiger partial charge in [0, 0.05) is 18.9 Å². The van der Waals surface area contributed by atoms with Crippen molar-refractivity contribution in [3.63, 3.8) is 0 Å². The fourth-order valence-electron chi connectivity index (χ4n) is 1.61. The zero-order chi connectivity index (χ0) is 11.5. The molecule has 0 saturated carbocycles. The Balaban J connectivity index is 2.30. The molecular weight excluding hydrogens is 227 g/mol. The Morgan fingerprint density at radius 1 is 1.44 bits per heavy atom. The SMILES string of the molecule is Cc1ccc(F)cc1Cn1ccnc1CCl. The molecule has 2 aromatic rings. The lowest BCUT2D eigenvalue weighted by atomic mass is 10.1. The molecule has 0 atom stereocenters. The number of benzene rings is 1. The van der Waals surface area contributed by atoms with Crippen LogP contribution < -0.4 is 0 Å². The molecule has 1 heterocycles. The molecule has 84 valence electrons. The van der Waals surface area contributed by atoms with Crippen LogP contribution in [0.4, 0.5) is 4.39 Å². The van der Waals surface area contributed by atoms with Crippen LogP contribution in [0.1, 0.15) is 17.0 Å². The van der Waals surface area contributed by atoms with Crippen molar-refractivity contribution in [2.45, 2.75) is 19.3 Å². The van der Waals surface area contributed by atoms with Gasteiger partial charge in [-0.3, -0.25) is 0 Å². The number of imidazole rings is 1. The van der Waals surface area contributed by atoms with Crippen LogP contribution in [0, 0.1) is 12.7 Å². The first-order valence-corrected chi connectivity index (χ1v) is 5.55. The number of hydrogen-bond donors (Lipinski definition) is 0. The second-order valence-corrected chi connectivity index (χ2v) is 3.94. The molecule has 0 unspecified atom stereocenters. The van der Waals surface area contributed by atoms with Gasteiger partial charge in [0.05, 0.1) is 5.88 Å². The molecule has 4 heteroatoms. The van der Waals surface area contributed by atoms with Gasteiger partial charge in [0.1, 0.15) is 11.6 Å². The van der Waals surface area contributed by atoms with Gasteiger partial charge < -0.3 is 4.57 Å². The van der Waals surface area contributed by atoms with E-state index in [-0.39, 0.29) is 5.82 Å². The first-order valence-electron chi connectivity index (χ1n) is 5.01. The van der Waals surface area contributed by atoms with Crippen LogP contribution in [0.5, 0.6) is 0 Å². The summed E-state index contributed by atoms with van der Waals surface area (Å²) in [6.45, 7) is 2.57. The summed E-state index contributed by atoms with van der Waals surface area (Å²) in [5.41, 5.74) is 2.01. The van der Waals surface area contributed by atoms with Gasteiger partial charge in [-0.05, 0) is 30.2 Å². The predicted molar refractivity (Wildman–Crippen MR) is 62.0 cm³/mol. The summed E-state index contributed by atoms with van der Waals surface area (Å²) in [7, 11) is 0. The smallest absolute Gasteiger partial charge is 0.123 e. The van der Waals surface area contributed by atoms with Gasteiger partial charge >= 0.3 is 0 Å². The van der Waals surface area contributed by atoms with Gasteiger partial charge in [-0.25, -0.2) is 9.37 Å². The molecular formula is C12H12ClFN2. The molecule has 0 bridgehead atoms. The first kappa shape index (κ1) is 11.1. The van der Waals surface area contributed by atoms with E-state index < -0.39 is 0 Å². The average Bonchev–Trinajstić information content (AvgIpc) is 2.71. The summed E-state index contributed by atoms with van der Waals surface area (Å²) in [6.07, 6.45) is 3.55. The van der Waals surface area contributed by atoms with E-state index in [0.29, 0.717) is 12.4 Å². The number of hydrogen-bond acceptors (Lipinski definition) is 1. The number of rotatable bonds is 3. The van der Waals surface area contributed by atoms with Gasteiger partial charge in [-0.2, -0.15) is 0 Å². The average molecular weight is 239 g/mol. The third-order valence-corrected chi connectivity index (χ3v) is 2.81. The summed E-state index contributed by atoms with van der Waals surface area (Å²) in [5, 5.41) is 0. The first-order chi connectivity index (χ1) is 7.70. The van der Waals surface area contributed by atoms with E-state index in [9.17, 15) is 4.39 Å². The van der Waals surface area contributed by atoms with Crippen LogP contribution >= 0.6 is 11.6 Å². The third-order valence-electron chi connectivity index (χ3n) is 2.57. The molecule has 2 nitrogen and oxygen atoms in total. The molecule has 0 radical (unpaired) electrons. The highest BCUT2D eigenvalue weighted by Crippen LogP contribution is 2.13. The summed E-state index contributed by atoms with van der Waals surface area (Å²) >= 11 is 5.75. The second kappa shape index (κ2) is 4.66. The largest absolute Gasteiger partial charge is 0.330 e. The molecule has 16 heavy (non-hydrogen) atoms. The molecule has 0 saturated heterocycles. The van der Waals surface area contributed by atoms with Gasteiger partial charge in [0.2, 0.25) is 0 Å². The Morgan fingerprint density at radius 2 is 2.25 bits per heavy atom. The van der Waals surface area contributed by atoms with E-state index in [1.54, 1.807) is 18.3 Å². The highest BCUT2D eigenvalue weighted by atomic mass is 35.5. The Labute approximate surface area is 98.7 Å². The van der Waals surface area contributed by atoms with E-state index in [4.69, 9.17) is 11.6 Å². The zero-order valence-electron chi connectivity index (χ0n) is 8.95. The Morgan fingerprint density at radius 3 is 3.00 bits per heavy atom. The summed E-state index contributed by atoms with van der Waals surface area (Å²) in [4.78, 5) is 4.12. The quantitative estimate of drug-likeness (QED) is 0.752. The van der Waals surface area contributed by atoms with Gasteiger partial charge in [-0.15, -0.1) is 11.6 Å². The van der Waals surface area contributed by atoms with Crippen LogP contribution in [0.3, 0.4) is 0 Å². The Kier molecular flexibility index (Phi) is 3.25. The lowest BCUT2D eigenvalue weighted by Crippen LogP contribution is -2.04. The molecule has 0 spiro atoms. The zero-order valence-corrected chi connectivity index (χ0v) is 9.71. The van der Waals surface area contributed by atoms with E-state index in [1.165, 1.54) is 6.07 Å². The van der Waals surface area contributed by atoms with E-state index in [1.807, 2.05) is 17.7 Å². The van der Waals surface area contributed by atoms with Crippen molar-refractivity contribution in [2.24, 2.45) is 0 Å². The van der Waals surface area contributed by atoms with Crippen LogP contribution in [0.2, 0.25) is 0 Å². The standard InChI is InChI=1S/C12H12ClFN2/c1-9-2-3-11(14)6-10(9)8-16-5-4-15-12(16)7-13/h2-6H,7-8H2,1H3. The van der Waals surface area contributed by atoms with Crippen molar-refractivity contribution in [1.29, 1.82) is 0 Å². The number of halogens is 2. The van der Waals surface area contributed by atoms with Crippen molar-refractivity contribution >= 4 is 11.6 Å². The monoisotopic (exact) mass is 238 g/mol. The molecule has 2 rings (SSSR count). The molecule has 0 fully saturated rings. The normalized spacial score (nSPS) is 10.7.